The van der Waals surface area contributed by atoms with Gasteiger partial charge in [0.25, 0.3) is 6.01 Å². The Morgan fingerprint density at radius 3 is 2.73 bits per heavy atom. The lowest BCUT2D eigenvalue weighted by atomic mass is 10.1. The Hall–Kier alpha value is -2.24. The smallest absolute Gasteiger partial charge is 0.307 e. The van der Waals surface area contributed by atoms with E-state index in [1.807, 2.05) is 18.2 Å². The molecule has 0 atom stereocenters. The largest absolute Gasteiger partial charge is 0.481 e. The van der Waals surface area contributed by atoms with E-state index in [1.165, 1.54) is 6.07 Å². The number of halogens is 2. The molecule has 2 aromatic carbocycles. The van der Waals surface area contributed by atoms with Crippen LogP contribution in [0.25, 0.3) is 11.1 Å². The highest BCUT2D eigenvalue weighted by Gasteiger charge is 2.12. The van der Waals surface area contributed by atoms with Crippen LogP contribution in [0, 0.1) is 0 Å². The number of oxazole rings is 1. The summed E-state index contributed by atoms with van der Waals surface area (Å²) in [7, 11) is 0. The number of benzene rings is 2. The summed E-state index contributed by atoms with van der Waals surface area (Å²) in [6, 6.07) is 10.7. The Balaban J connectivity index is 1.91. The van der Waals surface area contributed by atoms with Gasteiger partial charge in [0.15, 0.2) is 5.58 Å². The van der Waals surface area contributed by atoms with Crippen molar-refractivity contribution in [2.75, 3.05) is 5.32 Å². The number of carboxylic acids is 1. The van der Waals surface area contributed by atoms with E-state index in [9.17, 15) is 4.79 Å². The van der Waals surface area contributed by atoms with E-state index in [4.69, 9.17) is 32.7 Å². The average molecular weight is 337 g/mol. The van der Waals surface area contributed by atoms with Crippen LogP contribution in [0.3, 0.4) is 0 Å². The summed E-state index contributed by atoms with van der Waals surface area (Å²) in [6.45, 7) is 0. The lowest BCUT2D eigenvalue weighted by Crippen LogP contribution is -2.01. The average Bonchev–Trinajstić information content (AvgIpc) is 2.86. The molecule has 5 nitrogen and oxygen atoms in total. The summed E-state index contributed by atoms with van der Waals surface area (Å²) in [5, 5.41) is 12.4. The predicted molar refractivity (Wildman–Crippen MR) is 85.1 cm³/mol. The fourth-order valence-electron chi connectivity index (χ4n) is 2.02. The third-order valence-electron chi connectivity index (χ3n) is 3.01. The SMILES string of the molecule is O=C(O)Cc1cc(Cl)c(Nc2nc3ccccc3o2)cc1Cl. The van der Waals surface area contributed by atoms with E-state index in [1.54, 1.807) is 12.1 Å². The third kappa shape index (κ3) is 3.00. The Morgan fingerprint density at radius 2 is 2.00 bits per heavy atom. The second-order valence-electron chi connectivity index (χ2n) is 4.61. The quantitative estimate of drug-likeness (QED) is 0.733. The van der Waals surface area contributed by atoms with Gasteiger partial charge in [0.05, 0.1) is 17.1 Å². The van der Waals surface area contributed by atoms with Crippen LogP contribution >= 0.6 is 23.2 Å². The van der Waals surface area contributed by atoms with Gasteiger partial charge in [0.1, 0.15) is 5.52 Å². The number of fused-ring (bicyclic) bond motifs is 1. The first-order valence-electron chi connectivity index (χ1n) is 6.35. The molecule has 0 aliphatic rings. The van der Waals surface area contributed by atoms with Crippen molar-refractivity contribution in [1.29, 1.82) is 0 Å². The van der Waals surface area contributed by atoms with E-state index in [0.29, 0.717) is 26.9 Å². The first-order chi connectivity index (χ1) is 10.5. The van der Waals surface area contributed by atoms with Gasteiger partial charge >= 0.3 is 5.97 Å². The first kappa shape index (κ1) is 14.7. The number of carboxylic acid groups (broad SMARTS) is 1. The van der Waals surface area contributed by atoms with Crippen molar-refractivity contribution in [2.24, 2.45) is 0 Å². The van der Waals surface area contributed by atoms with E-state index in [2.05, 4.69) is 10.3 Å². The fraction of sp³-hybridized carbons (Fsp3) is 0.0667. The van der Waals surface area contributed by atoms with Gasteiger partial charge < -0.3 is 14.8 Å². The maximum Gasteiger partial charge on any atom is 0.307 e. The minimum Gasteiger partial charge on any atom is -0.481 e. The molecule has 112 valence electrons. The highest BCUT2D eigenvalue weighted by atomic mass is 35.5. The molecule has 1 aromatic heterocycles. The van der Waals surface area contributed by atoms with Gasteiger partial charge in [-0.05, 0) is 29.8 Å². The van der Waals surface area contributed by atoms with E-state index in [-0.39, 0.29) is 12.4 Å². The van der Waals surface area contributed by atoms with Crippen molar-refractivity contribution < 1.29 is 14.3 Å². The highest BCUT2D eigenvalue weighted by Crippen LogP contribution is 2.32. The molecule has 0 saturated heterocycles. The molecule has 0 fully saturated rings. The van der Waals surface area contributed by atoms with E-state index in [0.717, 1.165) is 5.52 Å². The van der Waals surface area contributed by atoms with Crippen LogP contribution in [0.5, 0.6) is 0 Å². The Labute approximate surface area is 135 Å². The van der Waals surface area contributed by atoms with E-state index < -0.39 is 5.97 Å². The molecule has 2 N–H and O–H groups in total. The van der Waals surface area contributed by atoms with Gasteiger partial charge in [0, 0.05) is 5.02 Å². The van der Waals surface area contributed by atoms with Crippen LogP contribution < -0.4 is 5.32 Å². The summed E-state index contributed by atoms with van der Waals surface area (Å²) >= 11 is 12.2. The second kappa shape index (κ2) is 5.87. The molecular weight excluding hydrogens is 327 g/mol. The molecule has 3 aromatic rings. The number of nitrogens with zero attached hydrogens (tertiary/aromatic N) is 1. The number of anilines is 2. The number of carbonyl (C=O) groups is 1. The number of rotatable bonds is 4. The number of hydrogen-bond donors (Lipinski definition) is 2. The zero-order valence-corrected chi connectivity index (χ0v) is 12.6. The Morgan fingerprint density at radius 1 is 1.23 bits per heavy atom. The van der Waals surface area contributed by atoms with Gasteiger partial charge in [0.2, 0.25) is 0 Å². The summed E-state index contributed by atoms with van der Waals surface area (Å²) in [4.78, 5) is 15.0. The molecule has 0 radical (unpaired) electrons. The van der Waals surface area contributed by atoms with Crippen molar-refractivity contribution in [1.82, 2.24) is 4.98 Å². The number of hydrogen-bond acceptors (Lipinski definition) is 4. The number of nitrogens with one attached hydrogen (secondary N) is 1. The molecule has 3 rings (SSSR count). The molecular formula is C15H10Cl2N2O3. The van der Waals surface area contributed by atoms with Crippen molar-refractivity contribution >= 4 is 52.0 Å². The monoisotopic (exact) mass is 336 g/mol. The van der Waals surface area contributed by atoms with Crippen LogP contribution in [-0.2, 0) is 11.2 Å². The summed E-state index contributed by atoms with van der Waals surface area (Å²) in [6.07, 6.45) is -0.193. The van der Waals surface area contributed by atoms with Crippen LogP contribution in [0.2, 0.25) is 10.0 Å². The molecule has 0 bridgehead atoms. The normalized spacial score (nSPS) is 10.8. The molecule has 0 aliphatic heterocycles. The maximum absolute atomic E-state index is 10.8. The topological polar surface area (TPSA) is 75.4 Å². The minimum absolute atomic E-state index is 0.193. The number of aliphatic carboxylic acids is 1. The molecule has 0 spiro atoms. The van der Waals surface area contributed by atoms with Gasteiger partial charge in [-0.2, -0.15) is 4.98 Å². The molecule has 0 unspecified atom stereocenters. The maximum atomic E-state index is 10.8. The van der Waals surface area contributed by atoms with Crippen molar-refractivity contribution in [3.63, 3.8) is 0 Å². The molecule has 1 heterocycles. The Kier molecular flexibility index (Phi) is 3.92. The zero-order valence-electron chi connectivity index (χ0n) is 11.1. The van der Waals surface area contributed by atoms with Crippen molar-refractivity contribution in [2.45, 2.75) is 6.42 Å². The number of para-hydroxylation sites is 2. The van der Waals surface area contributed by atoms with Crippen molar-refractivity contribution in [3.05, 3.63) is 52.0 Å². The van der Waals surface area contributed by atoms with E-state index >= 15 is 0 Å². The Bertz CT molecular complexity index is 828. The van der Waals surface area contributed by atoms with Crippen molar-refractivity contribution in [3.8, 4) is 0 Å². The fourth-order valence-corrected chi connectivity index (χ4v) is 2.49. The van der Waals surface area contributed by atoms with Gasteiger partial charge in [-0.25, -0.2) is 0 Å². The van der Waals surface area contributed by atoms with Crippen LogP contribution in [0.1, 0.15) is 5.56 Å². The molecule has 22 heavy (non-hydrogen) atoms. The molecule has 0 amide bonds. The summed E-state index contributed by atoms with van der Waals surface area (Å²) in [5.74, 6) is -0.974. The van der Waals surface area contributed by atoms with Gasteiger partial charge in [-0.3, -0.25) is 4.79 Å². The zero-order chi connectivity index (χ0) is 15.7. The second-order valence-corrected chi connectivity index (χ2v) is 5.42. The third-order valence-corrected chi connectivity index (χ3v) is 3.68. The molecule has 0 saturated carbocycles. The summed E-state index contributed by atoms with van der Waals surface area (Å²) < 4.78 is 5.54. The van der Waals surface area contributed by atoms with Gasteiger partial charge in [-0.1, -0.05) is 35.3 Å². The lowest BCUT2D eigenvalue weighted by molar-refractivity contribution is -0.136. The molecule has 7 heteroatoms. The highest BCUT2D eigenvalue weighted by molar-refractivity contribution is 6.36. The first-order valence-corrected chi connectivity index (χ1v) is 7.11. The predicted octanol–water partition coefficient (Wildman–Crippen LogP) is 4.51. The number of aromatic nitrogens is 1. The van der Waals surface area contributed by atoms with Crippen LogP contribution in [-0.4, -0.2) is 16.1 Å². The van der Waals surface area contributed by atoms with Gasteiger partial charge in [-0.15, -0.1) is 0 Å². The molecule has 0 aliphatic carbocycles. The summed E-state index contributed by atoms with van der Waals surface area (Å²) in [5.41, 5.74) is 2.30. The van der Waals surface area contributed by atoms with Crippen LogP contribution in [0.4, 0.5) is 11.7 Å². The lowest BCUT2D eigenvalue weighted by Gasteiger charge is -2.08. The minimum atomic E-state index is -0.974. The van der Waals surface area contributed by atoms with Crippen LogP contribution in [0.15, 0.2) is 40.8 Å². The standard InChI is InChI=1S/C15H10Cl2N2O3/c16-9-7-12(10(17)5-8(9)6-14(20)21)19-15-18-11-3-1-2-4-13(11)22-15/h1-5,7H,6H2,(H,18,19)(H,20,21).